The summed E-state index contributed by atoms with van der Waals surface area (Å²) in [5, 5.41) is 8.59. The molecule has 16 heavy (non-hydrogen) atoms. The van der Waals surface area contributed by atoms with Crippen molar-refractivity contribution in [2.24, 2.45) is 0 Å². The lowest BCUT2D eigenvalue weighted by Gasteiger charge is -1.98. The van der Waals surface area contributed by atoms with Crippen molar-refractivity contribution in [3.05, 3.63) is 40.8 Å². The van der Waals surface area contributed by atoms with Crippen LogP contribution in [0.1, 0.15) is 5.89 Å². The van der Waals surface area contributed by atoms with E-state index < -0.39 is 5.97 Å². The van der Waals surface area contributed by atoms with Gasteiger partial charge < -0.3 is 9.52 Å². The lowest BCUT2D eigenvalue weighted by atomic mass is 10.2. The third-order valence-electron chi connectivity index (χ3n) is 2.00. The Morgan fingerprint density at radius 3 is 2.88 bits per heavy atom. The highest BCUT2D eigenvalue weighted by molar-refractivity contribution is 9.10. The molecule has 4 nitrogen and oxygen atoms in total. The molecule has 1 aromatic carbocycles. The summed E-state index contributed by atoms with van der Waals surface area (Å²) in [7, 11) is 0. The number of oxazole rings is 1. The molecular weight excluding hydrogens is 274 g/mol. The van der Waals surface area contributed by atoms with Crippen molar-refractivity contribution < 1.29 is 14.3 Å². The highest BCUT2D eigenvalue weighted by Crippen LogP contribution is 2.28. The van der Waals surface area contributed by atoms with Crippen molar-refractivity contribution in [3.63, 3.8) is 0 Å². The van der Waals surface area contributed by atoms with Crippen LogP contribution in [0.5, 0.6) is 0 Å². The Kier molecular flexibility index (Phi) is 3.05. The lowest BCUT2D eigenvalue weighted by Crippen LogP contribution is -1.99. The summed E-state index contributed by atoms with van der Waals surface area (Å²) in [5.41, 5.74) is 0.853. The van der Waals surface area contributed by atoms with Gasteiger partial charge in [-0.3, -0.25) is 4.79 Å². The first-order valence-electron chi connectivity index (χ1n) is 4.58. The van der Waals surface area contributed by atoms with Crippen LogP contribution in [-0.2, 0) is 11.2 Å². The molecule has 0 fully saturated rings. The maximum atomic E-state index is 10.5. The van der Waals surface area contributed by atoms with Gasteiger partial charge in [0.2, 0.25) is 5.89 Å². The first-order valence-corrected chi connectivity index (χ1v) is 5.37. The molecule has 1 N–H and O–H groups in total. The summed E-state index contributed by atoms with van der Waals surface area (Å²) in [6.45, 7) is 0. The first-order chi connectivity index (χ1) is 7.66. The molecule has 0 unspecified atom stereocenters. The van der Waals surface area contributed by atoms with Gasteiger partial charge >= 0.3 is 5.97 Å². The zero-order chi connectivity index (χ0) is 11.5. The van der Waals surface area contributed by atoms with E-state index in [1.54, 1.807) is 0 Å². The number of carboxylic acids is 1. The minimum absolute atomic E-state index is 0.204. The van der Waals surface area contributed by atoms with Crippen LogP contribution in [0, 0.1) is 0 Å². The standard InChI is InChI=1S/C11H8BrNO3/c12-8-4-2-1-3-7(8)9-6-13-10(16-9)5-11(14)15/h1-4,6H,5H2,(H,14,15). The van der Waals surface area contributed by atoms with E-state index in [1.165, 1.54) is 6.20 Å². The average molecular weight is 282 g/mol. The van der Waals surface area contributed by atoms with Gasteiger partial charge in [-0.25, -0.2) is 4.98 Å². The van der Waals surface area contributed by atoms with E-state index in [1.807, 2.05) is 24.3 Å². The molecule has 0 radical (unpaired) electrons. The van der Waals surface area contributed by atoms with Crippen molar-refractivity contribution in [2.75, 3.05) is 0 Å². The number of carbonyl (C=O) groups is 1. The third kappa shape index (κ3) is 2.30. The Bertz CT molecular complexity index is 521. The minimum atomic E-state index is -0.958. The number of hydrogen-bond donors (Lipinski definition) is 1. The highest BCUT2D eigenvalue weighted by Gasteiger charge is 2.11. The molecule has 0 aliphatic carbocycles. The van der Waals surface area contributed by atoms with Crippen molar-refractivity contribution in [2.45, 2.75) is 6.42 Å². The monoisotopic (exact) mass is 281 g/mol. The van der Waals surface area contributed by atoms with Crippen molar-refractivity contribution in [3.8, 4) is 11.3 Å². The summed E-state index contributed by atoms with van der Waals surface area (Å²) >= 11 is 3.39. The molecular formula is C11H8BrNO3. The topological polar surface area (TPSA) is 63.3 Å². The Labute approximate surface area is 100 Å². The summed E-state index contributed by atoms with van der Waals surface area (Å²) in [5.74, 6) is -0.192. The second-order valence-corrected chi connectivity index (χ2v) is 4.02. The van der Waals surface area contributed by atoms with Gasteiger partial charge in [0.25, 0.3) is 0 Å². The Balaban J connectivity index is 2.32. The molecule has 0 aliphatic heterocycles. The molecule has 0 bridgehead atoms. The van der Waals surface area contributed by atoms with Gasteiger partial charge in [-0.05, 0) is 6.07 Å². The number of hydrogen-bond acceptors (Lipinski definition) is 3. The van der Waals surface area contributed by atoms with Gasteiger partial charge in [0.05, 0.1) is 6.20 Å². The summed E-state index contributed by atoms with van der Waals surface area (Å²) in [6.07, 6.45) is 1.32. The van der Waals surface area contributed by atoms with E-state index in [0.717, 1.165) is 10.0 Å². The number of carboxylic acid groups (broad SMARTS) is 1. The molecule has 0 atom stereocenters. The quantitative estimate of drug-likeness (QED) is 0.940. The number of rotatable bonds is 3. The average Bonchev–Trinajstić information content (AvgIpc) is 2.66. The van der Waals surface area contributed by atoms with E-state index in [0.29, 0.717) is 5.76 Å². The van der Waals surface area contributed by atoms with E-state index in [9.17, 15) is 4.79 Å². The summed E-state index contributed by atoms with van der Waals surface area (Å²) in [4.78, 5) is 14.4. The van der Waals surface area contributed by atoms with Crippen LogP contribution in [0.15, 0.2) is 39.4 Å². The summed E-state index contributed by atoms with van der Waals surface area (Å²) < 4.78 is 6.22. The van der Waals surface area contributed by atoms with Gasteiger partial charge in [-0.1, -0.05) is 34.1 Å². The highest BCUT2D eigenvalue weighted by atomic mass is 79.9. The maximum Gasteiger partial charge on any atom is 0.312 e. The fourth-order valence-corrected chi connectivity index (χ4v) is 1.79. The molecule has 5 heteroatoms. The molecule has 0 saturated heterocycles. The van der Waals surface area contributed by atoms with E-state index in [2.05, 4.69) is 20.9 Å². The molecule has 82 valence electrons. The number of nitrogens with zero attached hydrogens (tertiary/aromatic N) is 1. The molecule has 2 rings (SSSR count). The van der Waals surface area contributed by atoms with E-state index >= 15 is 0 Å². The van der Waals surface area contributed by atoms with Gasteiger partial charge in [-0.15, -0.1) is 0 Å². The molecule has 2 aromatic rings. The largest absolute Gasteiger partial charge is 0.481 e. The van der Waals surface area contributed by atoms with Crippen LogP contribution in [0.2, 0.25) is 0 Å². The zero-order valence-corrected chi connectivity index (χ0v) is 9.77. The SMILES string of the molecule is O=C(O)Cc1ncc(-c2ccccc2Br)o1. The number of aliphatic carboxylic acids is 1. The van der Waals surface area contributed by atoms with Crippen LogP contribution in [0.4, 0.5) is 0 Å². The smallest absolute Gasteiger partial charge is 0.312 e. The second kappa shape index (κ2) is 4.49. The lowest BCUT2D eigenvalue weighted by molar-refractivity contribution is -0.136. The van der Waals surface area contributed by atoms with Gasteiger partial charge in [0.1, 0.15) is 6.42 Å². The van der Waals surface area contributed by atoms with Gasteiger partial charge in [0.15, 0.2) is 5.76 Å². The van der Waals surface area contributed by atoms with Crippen LogP contribution in [0.25, 0.3) is 11.3 Å². The summed E-state index contributed by atoms with van der Waals surface area (Å²) in [6, 6.07) is 7.52. The van der Waals surface area contributed by atoms with Crippen molar-refractivity contribution in [1.82, 2.24) is 4.98 Å². The fourth-order valence-electron chi connectivity index (χ4n) is 1.31. The van der Waals surface area contributed by atoms with E-state index in [-0.39, 0.29) is 12.3 Å². The van der Waals surface area contributed by atoms with Crippen LogP contribution in [0.3, 0.4) is 0 Å². The maximum absolute atomic E-state index is 10.5. The number of halogens is 1. The van der Waals surface area contributed by atoms with Crippen molar-refractivity contribution >= 4 is 21.9 Å². The Hall–Kier alpha value is -1.62. The number of aromatic nitrogens is 1. The molecule has 1 heterocycles. The Morgan fingerprint density at radius 2 is 2.19 bits per heavy atom. The predicted molar refractivity (Wildman–Crippen MR) is 61.0 cm³/mol. The fraction of sp³-hybridized carbons (Fsp3) is 0.0909. The molecule has 0 amide bonds. The van der Waals surface area contributed by atoms with Crippen LogP contribution >= 0.6 is 15.9 Å². The molecule has 1 aromatic heterocycles. The molecule has 0 aliphatic rings. The molecule has 0 saturated carbocycles. The predicted octanol–water partition coefficient (Wildman–Crippen LogP) is 2.73. The number of benzene rings is 1. The third-order valence-corrected chi connectivity index (χ3v) is 2.69. The normalized spacial score (nSPS) is 10.3. The van der Waals surface area contributed by atoms with Gasteiger partial charge in [0, 0.05) is 10.0 Å². The Morgan fingerprint density at radius 1 is 1.44 bits per heavy atom. The van der Waals surface area contributed by atoms with Crippen LogP contribution < -0.4 is 0 Å². The first kappa shape index (κ1) is 10.9. The van der Waals surface area contributed by atoms with Crippen molar-refractivity contribution in [1.29, 1.82) is 0 Å². The zero-order valence-electron chi connectivity index (χ0n) is 8.18. The second-order valence-electron chi connectivity index (χ2n) is 3.17. The minimum Gasteiger partial charge on any atom is -0.481 e. The molecule has 0 spiro atoms. The van der Waals surface area contributed by atoms with Gasteiger partial charge in [-0.2, -0.15) is 0 Å². The van der Waals surface area contributed by atoms with E-state index in [4.69, 9.17) is 9.52 Å². The van der Waals surface area contributed by atoms with Crippen LogP contribution in [-0.4, -0.2) is 16.1 Å².